The molecule has 0 saturated carbocycles. The molecule has 0 radical (unpaired) electrons. The molecule has 2 aromatic carbocycles. The van der Waals surface area contributed by atoms with Crippen molar-refractivity contribution in [1.29, 1.82) is 0 Å². The fraction of sp³-hybridized carbons (Fsp3) is 0.300. The zero-order chi connectivity index (χ0) is 20.0. The lowest BCUT2D eigenvalue weighted by atomic mass is 10.1. The highest BCUT2D eigenvalue weighted by atomic mass is 79.9. The molecule has 5 nitrogen and oxygen atoms in total. The summed E-state index contributed by atoms with van der Waals surface area (Å²) in [5.74, 6) is 0.184. The van der Waals surface area contributed by atoms with Crippen LogP contribution in [0.1, 0.15) is 34.3 Å². The smallest absolute Gasteiger partial charge is 0.337 e. The SMILES string of the molecule is COC(=O)c1ccc(NC(=O)CCCOc2cc(C)c(Cl)c(C)c2Br)cc1. The number of hydrogen-bond donors (Lipinski definition) is 1. The van der Waals surface area contributed by atoms with Crippen molar-refractivity contribution in [3.8, 4) is 5.75 Å². The molecular weight excluding hydrogens is 434 g/mol. The lowest BCUT2D eigenvalue weighted by Crippen LogP contribution is -2.13. The van der Waals surface area contributed by atoms with Crippen LogP contribution in [-0.2, 0) is 9.53 Å². The van der Waals surface area contributed by atoms with Crippen LogP contribution in [0.3, 0.4) is 0 Å². The van der Waals surface area contributed by atoms with Crippen LogP contribution in [0.15, 0.2) is 34.8 Å². The maximum Gasteiger partial charge on any atom is 0.337 e. The molecule has 0 bridgehead atoms. The number of methoxy groups -OCH3 is 1. The van der Waals surface area contributed by atoms with Gasteiger partial charge in [-0.1, -0.05) is 11.6 Å². The van der Waals surface area contributed by atoms with Crippen LogP contribution in [0, 0.1) is 13.8 Å². The minimum Gasteiger partial charge on any atom is -0.492 e. The minimum atomic E-state index is -0.413. The Balaban J connectivity index is 1.81. The quantitative estimate of drug-likeness (QED) is 0.455. The first-order chi connectivity index (χ1) is 12.8. The predicted octanol–water partition coefficient (Wildman–Crippen LogP) is 5.30. The van der Waals surface area contributed by atoms with Gasteiger partial charge in [0, 0.05) is 17.1 Å². The first-order valence-electron chi connectivity index (χ1n) is 8.39. The monoisotopic (exact) mass is 453 g/mol. The second-order valence-corrected chi connectivity index (χ2v) is 7.18. The summed E-state index contributed by atoms with van der Waals surface area (Å²) in [5, 5.41) is 3.50. The Labute approximate surface area is 172 Å². The van der Waals surface area contributed by atoms with Crippen LogP contribution < -0.4 is 10.1 Å². The number of hydrogen-bond acceptors (Lipinski definition) is 4. The summed E-state index contributed by atoms with van der Waals surface area (Å²) in [6, 6.07) is 8.41. The van der Waals surface area contributed by atoms with Crippen LogP contribution >= 0.6 is 27.5 Å². The molecule has 0 saturated heterocycles. The zero-order valence-corrected chi connectivity index (χ0v) is 17.7. The molecule has 0 aliphatic heterocycles. The Bertz CT molecular complexity index is 837. The van der Waals surface area contributed by atoms with E-state index in [0.717, 1.165) is 15.6 Å². The third kappa shape index (κ3) is 5.71. The standard InChI is InChI=1S/C20H21BrClNO4/c1-12-11-16(18(21)13(2)19(12)22)27-10-4-5-17(24)23-15-8-6-14(7-9-15)20(25)26-3/h6-9,11H,4-5,10H2,1-3H3,(H,23,24). The lowest BCUT2D eigenvalue weighted by Gasteiger charge is -2.13. The third-order valence-electron chi connectivity index (χ3n) is 3.96. The van der Waals surface area contributed by atoms with Gasteiger partial charge in [0.15, 0.2) is 0 Å². The molecule has 1 amide bonds. The molecule has 0 atom stereocenters. The molecule has 0 aliphatic rings. The molecule has 0 fully saturated rings. The molecule has 0 spiro atoms. The number of halogens is 2. The summed E-state index contributed by atoms with van der Waals surface area (Å²) >= 11 is 9.70. The van der Waals surface area contributed by atoms with Crippen molar-refractivity contribution in [2.24, 2.45) is 0 Å². The Kier molecular flexibility index (Phi) is 7.68. The predicted molar refractivity (Wildman–Crippen MR) is 110 cm³/mol. The van der Waals surface area contributed by atoms with Crippen molar-refractivity contribution < 1.29 is 19.1 Å². The van der Waals surface area contributed by atoms with Gasteiger partial charge in [-0.3, -0.25) is 4.79 Å². The van der Waals surface area contributed by atoms with Gasteiger partial charge >= 0.3 is 5.97 Å². The molecule has 2 rings (SSSR count). The van der Waals surface area contributed by atoms with Gasteiger partial charge in [0.1, 0.15) is 5.75 Å². The average molecular weight is 455 g/mol. The number of carbonyl (C=O) groups is 2. The number of anilines is 1. The number of ether oxygens (including phenoxy) is 2. The van der Waals surface area contributed by atoms with Crippen molar-refractivity contribution >= 4 is 45.1 Å². The van der Waals surface area contributed by atoms with Gasteiger partial charge in [-0.2, -0.15) is 0 Å². The number of nitrogens with one attached hydrogen (secondary N) is 1. The van der Waals surface area contributed by atoms with Crippen LogP contribution in [0.4, 0.5) is 5.69 Å². The average Bonchev–Trinajstić information content (AvgIpc) is 2.67. The van der Waals surface area contributed by atoms with E-state index in [1.165, 1.54) is 7.11 Å². The number of rotatable bonds is 7. The lowest BCUT2D eigenvalue weighted by molar-refractivity contribution is -0.116. The summed E-state index contributed by atoms with van der Waals surface area (Å²) in [6.07, 6.45) is 0.890. The van der Waals surface area contributed by atoms with Gasteiger partial charge < -0.3 is 14.8 Å². The highest BCUT2D eigenvalue weighted by molar-refractivity contribution is 9.10. The molecule has 7 heteroatoms. The van der Waals surface area contributed by atoms with Gasteiger partial charge in [0.2, 0.25) is 5.91 Å². The summed E-state index contributed by atoms with van der Waals surface area (Å²) in [6.45, 7) is 4.26. The summed E-state index contributed by atoms with van der Waals surface area (Å²) in [7, 11) is 1.32. The highest BCUT2D eigenvalue weighted by Gasteiger charge is 2.11. The van der Waals surface area contributed by atoms with Crippen LogP contribution in [-0.4, -0.2) is 25.6 Å². The van der Waals surface area contributed by atoms with Gasteiger partial charge in [-0.15, -0.1) is 0 Å². The minimum absolute atomic E-state index is 0.119. The van der Waals surface area contributed by atoms with E-state index in [1.807, 2.05) is 19.9 Å². The van der Waals surface area contributed by atoms with E-state index in [2.05, 4.69) is 26.0 Å². The molecule has 0 aromatic heterocycles. The highest BCUT2D eigenvalue weighted by Crippen LogP contribution is 2.35. The number of aryl methyl sites for hydroxylation is 1. The van der Waals surface area contributed by atoms with E-state index in [0.29, 0.717) is 41.5 Å². The third-order valence-corrected chi connectivity index (χ3v) is 5.53. The molecular formula is C20H21BrClNO4. The van der Waals surface area contributed by atoms with E-state index in [4.69, 9.17) is 16.3 Å². The van der Waals surface area contributed by atoms with E-state index in [1.54, 1.807) is 24.3 Å². The molecule has 1 N–H and O–H groups in total. The fourth-order valence-corrected chi connectivity index (χ4v) is 3.14. The first kappa shape index (κ1) is 21.3. The summed E-state index contributed by atoms with van der Waals surface area (Å²) < 4.78 is 11.2. The van der Waals surface area contributed by atoms with Crippen LogP contribution in [0.5, 0.6) is 5.75 Å². The molecule has 0 aliphatic carbocycles. The topological polar surface area (TPSA) is 64.6 Å². The van der Waals surface area contributed by atoms with Gasteiger partial charge in [-0.25, -0.2) is 4.79 Å². The molecule has 2 aromatic rings. The Morgan fingerprint density at radius 3 is 2.48 bits per heavy atom. The maximum absolute atomic E-state index is 12.0. The van der Waals surface area contributed by atoms with E-state index in [9.17, 15) is 9.59 Å². The maximum atomic E-state index is 12.0. The first-order valence-corrected chi connectivity index (χ1v) is 9.56. The number of benzene rings is 2. The van der Waals surface area contributed by atoms with Crippen LogP contribution in [0.2, 0.25) is 5.02 Å². The second kappa shape index (κ2) is 9.76. The van der Waals surface area contributed by atoms with E-state index < -0.39 is 5.97 Å². The van der Waals surface area contributed by atoms with Crippen molar-refractivity contribution in [3.63, 3.8) is 0 Å². The number of carbonyl (C=O) groups excluding carboxylic acids is 2. The molecule has 0 unspecified atom stereocenters. The van der Waals surface area contributed by atoms with Crippen molar-refractivity contribution in [2.45, 2.75) is 26.7 Å². The van der Waals surface area contributed by atoms with E-state index in [-0.39, 0.29) is 5.91 Å². The summed E-state index contributed by atoms with van der Waals surface area (Å²) in [4.78, 5) is 23.4. The largest absolute Gasteiger partial charge is 0.492 e. The normalized spacial score (nSPS) is 10.4. The second-order valence-electron chi connectivity index (χ2n) is 6.01. The number of esters is 1. The molecule has 144 valence electrons. The Morgan fingerprint density at radius 1 is 1.19 bits per heavy atom. The van der Waals surface area contributed by atoms with E-state index >= 15 is 0 Å². The number of amides is 1. The zero-order valence-electron chi connectivity index (χ0n) is 15.4. The van der Waals surface area contributed by atoms with Crippen LogP contribution in [0.25, 0.3) is 0 Å². The molecule has 0 heterocycles. The molecule has 27 heavy (non-hydrogen) atoms. The van der Waals surface area contributed by atoms with Gasteiger partial charge in [0.25, 0.3) is 0 Å². The van der Waals surface area contributed by atoms with Crippen molar-refractivity contribution in [1.82, 2.24) is 0 Å². The Hall–Kier alpha value is -2.05. The van der Waals surface area contributed by atoms with Crippen molar-refractivity contribution in [3.05, 3.63) is 56.5 Å². The van der Waals surface area contributed by atoms with Gasteiger partial charge in [-0.05, 0) is 77.7 Å². The Morgan fingerprint density at radius 2 is 1.85 bits per heavy atom. The van der Waals surface area contributed by atoms with Gasteiger partial charge in [0.05, 0.1) is 23.8 Å². The van der Waals surface area contributed by atoms with Crippen molar-refractivity contribution in [2.75, 3.05) is 19.0 Å². The summed E-state index contributed by atoms with van der Waals surface area (Å²) in [5.41, 5.74) is 2.93. The fourth-order valence-electron chi connectivity index (χ4n) is 2.45.